The van der Waals surface area contributed by atoms with E-state index in [0.717, 1.165) is 5.56 Å². The van der Waals surface area contributed by atoms with Crippen molar-refractivity contribution in [1.82, 2.24) is 0 Å². The number of benzene rings is 1. The highest BCUT2D eigenvalue weighted by atomic mass is 127. The van der Waals surface area contributed by atoms with Crippen LogP contribution in [0.4, 0.5) is 0 Å². The van der Waals surface area contributed by atoms with E-state index in [4.69, 9.17) is 10.5 Å². The van der Waals surface area contributed by atoms with Crippen LogP contribution in [-0.2, 0) is 4.74 Å². The molecule has 0 aromatic heterocycles. The number of hydrogen-bond acceptors (Lipinski definition) is 3. The van der Waals surface area contributed by atoms with Crippen molar-refractivity contribution in [2.45, 2.75) is 6.04 Å². The van der Waals surface area contributed by atoms with E-state index in [1.54, 1.807) is 0 Å². The molecule has 0 radical (unpaired) electrons. The van der Waals surface area contributed by atoms with Gasteiger partial charge in [0.2, 0.25) is 0 Å². The van der Waals surface area contributed by atoms with Crippen molar-refractivity contribution < 1.29 is 4.74 Å². The van der Waals surface area contributed by atoms with Crippen LogP contribution < -0.4 is 5.73 Å². The minimum Gasteiger partial charge on any atom is -0.386 e. The van der Waals surface area contributed by atoms with Gasteiger partial charge in [0.15, 0.2) is 0 Å². The predicted octanol–water partition coefficient (Wildman–Crippen LogP) is 1.72. The molecule has 1 aliphatic heterocycles. The summed E-state index contributed by atoms with van der Waals surface area (Å²) in [4.78, 5) is 4.35. The molecule has 4 heteroatoms. The van der Waals surface area contributed by atoms with Crippen molar-refractivity contribution in [2.75, 3.05) is 13.2 Å². The van der Waals surface area contributed by atoms with Gasteiger partial charge in [-0.05, 0) is 40.3 Å². The molecule has 0 aliphatic carbocycles. The minimum atomic E-state index is 0.0701. The van der Waals surface area contributed by atoms with Gasteiger partial charge in [0.05, 0.1) is 6.61 Å². The van der Waals surface area contributed by atoms with Gasteiger partial charge in [-0.3, -0.25) is 4.99 Å². The Morgan fingerprint density at radius 3 is 2.71 bits per heavy atom. The third-order valence-corrected chi connectivity index (χ3v) is 2.82. The van der Waals surface area contributed by atoms with Crippen molar-refractivity contribution in [3.8, 4) is 0 Å². The Bertz CT molecular complexity index is 348. The lowest BCUT2D eigenvalue weighted by Gasteiger charge is -2.19. The van der Waals surface area contributed by atoms with E-state index in [1.165, 1.54) is 3.57 Å². The van der Waals surface area contributed by atoms with E-state index >= 15 is 0 Å². The van der Waals surface area contributed by atoms with Crippen LogP contribution in [0.3, 0.4) is 0 Å². The molecule has 74 valence electrons. The van der Waals surface area contributed by atoms with Crippen LogP contribution in [0.2, 0.25) is 0 Å². The molecule has 0 fully saturated rings. The number of aliphatic imine (C=N–C) groups is 1. The standard InChI is InChI=1S/C10H11IN2O/c11-8-3-1-7(2-4-8)9-5-14-6-10(12)13-9/h1-4,9H,5-6H2,(H2,12,13)/t9-/m1/s1. The Balaban J connectivity index is 2.22. The van der Waals surface area contributed by atoms with E-state index in [2.05, 4.69) is 51.8 Å². The normalized spacial score (nSPS) is 21.8. The largest absolute Gasteiger partial charge is 0.386 e. The van der Waals surface area contributed by atoms with Gasteiger partial charge in [-0.15, -0.1) is 0 Å². The molecule has 0 saturated heterocycles. The van der Waals surface area contributed by atoms with Crippen LogP contribution in [0, 0.1) is 3.57 Å². The lowest BCUT2D eigenvalue weighted by Crippen LogP contribution is -2.27. The minimum absolute atomic E-state index is 0.0701. The fourth-order valence-electron chi connectivity index (χ4n) is 1.41. The smallest absolute Gasteiger partial charge is 0.121 e. The molecule has 1 aliphatic rings. The average Bonchev–Trinajstić information content (AvgIpc) is 2.19. The zero-order chi connectivity index (χ0) is 9.97. The molecule has 1 atom stereocenters. The van der Waals surface area contributed by atoms with E-state index in [9.17, 15) is 0 Å². The summed E-state index contributed by atoms with van der Waals surface area (Å²) < 4.78 is 6.54. The van der Waals surface area contributed by atoms with Crippen LogP contribution in [0.25, 0.3) is 0 Å². The van der Waals surface area contributed by atoms with E-state index < -0.39 is 0 Å². The van der Waals surface area contributed by atoms with Gasteiger partial charge in [-0.1, -0.05) is 12.1 Å². The van der Waals surface area contributed by atoms with Crippen LogP contribution in [-0.4, -0.2) is 19.0 Å². The highest BCUT2D eigenvalue weighted by Gasteiger charge is 2.15. The third-order valence-electron chi connectivity index (χ3n) is 2.10. The first-order chi connectivity index (χ1) is 6.75. The number of halogens is 1. The number of hydrogen-bond donors (Lipinski definition) is 1. The second-order valence-corrected chi connectivity index (χ2v) is 4.45. The lowest BCUT2D eigenvalue weighted by atomic mass is 10.1. The van der Waals surface area contributed by atoms with Gasteiger partial charge in [0.1, 0.15) is 18.5 Å². The maximum Gasteiger partial charge on any atom is 0.121 e. The Morgan fingerprint density at radius 2 is 2.07 bits per heavy atom. The first-order valence-electron chi connectivity index (χ1n) is 4.41. The molecule has 2 rings (SSSR count). The summed E-state index contributed by atoms with van der Waals surface area (Å²) in [5.74, 6) is 0.583. The van der Waals surface area contributed by atoms with Gasteiger partial charge in [0.25, 0.3) is 0 Å². The van der Waals surface area contributed by atoms with Crippen molar-refractivity contribution >= 4 is 28.4 Å². The number of nitrogens with zero attached hydrogens (tertiary/aromatic N) is 1. The highest BCUT2D eigenvalue weighted by molar-refractivity contribution is 14.1. The van der Waals surface area contributed by atoms with Crippen LogP contribution in [0.15, 0.2) is 29.3 Å². The monoisotopic (exact) mass is 302 g/mol. The molecule has 1 aromatic rings. The quantitative estimate of drug-likeness (QED) is 0.803. The SMILES string of the molecule is NC1=N[C@@H](c2ccc(I)cc2)COC1. The Hall–Kier alpha value is -0.620. The first-order valence-corrected chi connectivity index (χ1v) is 5.49. The van der Waals surface area contributed by atoms with Gasteiger partial charge in [-0.25, -0.2) is 0 Å². The van der Waals surface area contributed by atoms with Crippen molar-refractivity contribution in [2.24, 2.45) is 10.7 Å². The molecule has 0 unspecified atom stereocenters. The molecule has 0 saturated carbocycles. The Labute approximate surface area is 96.5 Å². The fraction of sp³-hybridized carbons (Fsp3) is 0.300. The number of ether oxygens (including phenoxy) is 1. The second-order valence-electron chi connectivity index (χ2n) is 3.20. The zero-order valence-electron chi connectivity index (χ0n) is 7.61. The predicted molar refractivity (Wildman–Crippen MR) is 64.3 cm³/mol. The molecule has 0 bridgehead atoms. The van der Waals surface area contributed by atoms with Gasteiger partial charge in [-0.2, -0.15) is 0 Å². The molecule has 2 N–H and O–H groups in total. The van der Waals surface area contributed by atoms with Crippen molar-refractivity contribution in [3.05, 3.63) is 33.4 Å². The van der Waals surface area contributed by atoms with Gasteiger partial charge in [0, 0.05) is 3.57 Å². The average molecular weight is 302 g/mol. The summed E-state index contributed by atoms with van der Waals surface area (Å²) in [6.45, 7) is 1.09. The summed E-state index contributed by atoms with van der Waals surface area (Å²) in [7, 11) is 0. The summed E-state index contributed by atoms with van der Waals surface area (Å²) in [5, 5.41) is 0. The molecule has 1 aromatic carbocycles. The summed E-state index contributed by atoms with van der Waals surface area (Å²) in [6.07, 6.45) is 0. The fourth-order valence-corrected chi connectivity index (χ4v) is 1.77. The molecule has 0 amide bonds. The van der Waals surface area contributed by atoms with Gasteiger partial charge < -0.3 is 10.5 Å². The molecular weight excluding hydrogens is 291 g/mol. The summed E-state index contributed by atoms with van der Waals surface area (Å²) >= 11 is 2.28. The maximum atomic E-state index is 5.62. The number of rotatable bonds is 1. The summed E-state index contributed by atoms with van der Waals surface area (Å²) in [5.41, 5.74) is 6.78. The molecule has 0 spiro atoms. The maximum absolute atomic E-state index is 5.62. The topological polar surface area (TPSA) is 47.6 Å². The lowest BCUT2D eigenvalue weighted by molar-refractivity contribution is 0.143. The van der Waals surface area contributed by atoms with E-state index in [0.29, 0.717) is 19.0 Å². The molecule has 3 nitrogen and oxygen atoms in total. The van der Waals surface area contributed by atoms with Crippen molar-refractivity contribution in [3.63, 3.8) is 0 Å². The first kappa shape index (κ1) is 9.92. The third kappa shape index (κ3) is 2.24. The van der Waals surface area contributed by atoms with Crippen LogP contribution in [0.1, 0.15) is 11.6 Å². The van der Waals surface area contributed by atoms with Crippen LogP contribution >= 0.6 is 22.6 Å². The summed E-state index contributed by atoms with van der Waals surface area (Å²) in [6, 6.07) is 8.34. The molecular formula is C10H11IN2O. The Morgan fingerprint density at radius 1 is 1.36 bits per heavy atom. The Kier molecular flexibility index (Phi) is 3.02. The van der Waals surface area contributed by atoms with Crippen molar-refractivity contribution in [1.29, 1.82) is 0 Å². The number of amidine groups is 1. The zero-order valence-corrected chi connectivity index (χ0v) is 9.77. The molecule has 1 heterocycles. The highest BCUT2D eigenvalue weighted by Crippen LogP contribution is 2.21. The van der Waals surface area contributed by atoms with Crippen LogP contribution in [0.5, 0.6) is 0 Å². The van der Waals surface area contributed by atoms with Gasteiger partial charge >= 0.3 is 0 Å². The molecule has 14 heavy (non-hydrogen) atoms. The number of nitrogens with two attached hydrogens (primary N) is 1. The van der Waals surface area contributed by atoms with E-state index in [-0.39, 0.29) is 6.04 Å². The van der Waals surface area contributed by atoms with E-state index in [1.807, 2.05) is 0 Å². The second kappa shape index (κ2) is 4.27.